The molecular weight excluding hydrogens is 210 g/mol. The van der Waals surface area contributed by atoms with Crippen molar-refractivity contribution in [2.45, 2.75) is 18.9 Å². The second kappa shape index (κ2) is 4.03. The smallest absolute Gasteiger partial charge is 0.324 e. The molecule has 0 atom stereocenters. The van der Waals surface area contributed by atoms with E-state index >= 15 is 0 Å². The van der Waals surface area contributed by atoms with E-state index < -0.39 is 5.60 Å². The Kier molecular flexibility index (Phi) is 2.86. The number of amides is 3. The van der Waals surface area contributed by atoms with Crippen molar-refractivity contribution in [3.8, 4) is 0 Å². The lowest BCUT2D eigenvalue weighted by Crippen LogP contribution is -2.62. The molecular formula is C10H17N3O3. The molecule has 3 amide bonds. The number of β-amino-alcohol motifs (C(OH)–C–C–N with tert-alkyl or cyclic N) is 1. The highest BCUT2D eigenvalue weighted by atomic mass is 16.3. The first kappa shape index (κ1) is 11.3. The van der Waals surface area contributed by atoms with Gasteiger partial charge in [-0.25, -0.2) is 4.79 Å². The summed E-state index contributed by atoms with van der Waals surface area (Å²) < 4.78 is 0. The summed E-state index contributed by atoms with van der Waals surface area (Å²) >= 11 is 0. The summed E-state index contributed by atoms with van der Waals surface area (Å²) in [4.78, 5) is 25.7. The van der Waals surface area contributed by atoms with Crippen molar-refractivity contribution in [3.05, 3.63) is 0 Å². The zero-order chi connectivity index (χ0) is 11.8. The van der Waals surface area contributed by atoms with Gasteiger partial charge in [-0.3, -0.25) is 14.6 Å². The number of carbonyl (C=O) groups is 2. The third-order valence-corrected chi connectivity index (χ3v) is 3.27. The van der Waals surface area contributed by atoms with E-state index in [1.165, 1.54) is 4.90 Å². The van der Waals surface area contributed by atoms with E-state index in [0.29, 0.717) is 26.2 Å². The fourth-order valence-corrected chi connectivity index (χ4v) is 2.09. The number of likely N-dealkylation sites (tertiary alicyclic amines) is 1. The Morgan fingerprint density at radius 3 is 2.56 bits per heavy atom. The van der Waals surface area contributed by atoms with Gasteiger partial charge in [-0.1, -0.05) is 6.92 Å². The van der Waals surface area contributed by atoms with Gasteiger partial charge in [-0.15, -0.1) is 0 Å². The Bertz CT molecular complexity index is 296. The Morgan fingerprint density at radius 1 is 1.38 bits per heavy atom. The number of carbonyl (C=O) groups excluding carboxylic acids is 2. The Balaban J connectivity index is 1.73. The van der Waals surface area contributed by atoms with Crippen LogP contribution in [0.15, 0.2) is 0 Å². The van der Waals surface area contributed by atoms with Crippen molar-refractivity contribution in [1.82, 2.24) is 15.1 Å². The topological polar surface area (TPSA) is 72.9 Å². The lowest BCUT2D eigenvalue weighted by Gasteiger charge is -2.46. The predicted molar refractivity (Wildman–Crippen MR) is 56.8 cm³/mol. The highest BCUT2D eigenvalue weighted by molar-refractivity contribution is 6.01. The summed E-state index contributed by atoms with van der Waals surface area (Å²) in [5.74, 6) is -0.170. The molecule has 0 aromatic carbocycles. The van der Waals surface area contributed by atoms with E-state index in [4.69, 9.17) is 0 Å². The molecule has 2 aliphatic heterocycles. The van der Waals surface area contributed by atoms with Crippen LogP contribution < -0.4 is 5.32 Å². The maximum Gasteiger partial charge on any atom is 0.324 e. The lowest BCUT2D eigenvalue weighted by molar-refractivity contribution is -0.126. The van der Waals surface area contributed by atoms with E-state index in [0.717, 1.165) is 6.42 Å². The maximum absolute atomic E-state index is 11.3. The van der Waals surface area contributed by atoms with Gasteiger partial charge < -0.3 is 10.4 Å². The molecule has 2 aliphatic rings. The molecule has 90 valence electrons. The van der Waals surface area contributed by atoms with Gasteiger partial charge in [-0.05, 0) is 6.42 Å². The first-order valence-corrected chi connectivity index (χ1v) is 5.57. The molecule has 16 heavy (non-hydrogen) atoms. The summed E-state index contributed by atoms with van der Waals surface area (Å²) in [7, 11) is 0. The minimum atomic E-state index is -0.558. The first-order chi connectivity index (χ1) is 7.54. The number of hydrogen-bond donors (Lipinski definition) is 2. The van der Waals surface area contributed by atoms with Gasteiger partial charge in [0.05, 0.1) is 12.1 Å². The van der Waals surface area contributed by atoms with Crippen LogP contribution in [0, 0.1) is 0 Å². The van der Waals surface area contributed by atoms with Gasteiger partial charge in [0.15, 0.2) is 0 Å². The van der Waals surface area contributed by atoms with Crippen LogP contribution in [0.3, 0.4) is 0 Å². The van der Waals surface area contributed by atoms with E-state index in [-0.39, 0.29) is 18.5 Å². The average molecular weight is 227 g/mol. The van der Waals surface area contributed by atoms with Gasteiger partial charge in [0, 0.05) is 26.2 Å². The van der Waals surface area contributed by atoms with E-state index in [1.54, 1.807) is 0 Å². The van der Waals surface area contributed by atoms with E-state index in [9.17, 15) is 14.7 Å². The molecule has 0 radical (unpaired) electrons. The van der Waals surface area contributed by atoms with Crippen LogP contribution >= 0.6 is 0 Å². The molecule has 0 spiro atoms. The van der Waals surface area contributed by atoms with Crippen LogP contribution in [0.1, 0.15) is 13.3 Å². The summed E-state index contributed by atoms with van der Waals surface area (Å²) in [6, 6.07) is -0.309. The van der Waals surface area contributed by atoms with Crippen LogP contribution in [0.5, 0.6) is 0 Å². The second-order valence-corrected chi connectivity index (χ2v) is 4.49. The number of urea groups is 1. The quantitative estimate of drug-likeness (QED) is 0.604. The van der Waals surface area contributed by atoms with Crippen molar-refractivity contribution in [2.75, 3.05) is 32.7 Å². The monoisotopic (exact) mass is 227 g/mol. The molecule has 2 saturated heterocycles. The Labute approximate surface area is 94.2 Å². The number of imide groups is 1. The maximum atomic E-state index is 11.3. The van der Waals surface area contributed by atoms with Gasteiger partial charge in [0.1, 0.15) is 0 Å². The van der Waals surface area contributed by atoms with E-state index in [1.807, 2.05) is 11.8 Å². The molecule has 6 nitrogen and oxygen atoms in total. The van der Waals surface area contributed by atoms with Crippen LogP contribution in [0.2, 0.25) is 0 Å². The molecule has 0 aromatic heterocycles. The molecule has 0 bridgehead atoms. The zero-order valence-electron chi connectivity index (χ0n) is 9.40. The molecule has 0 unspecified atom stereocenters. The molecule has 2 heterocycles. The summed E-state index contributed by atoms with van der Waals surface area (Å²) in [6.45, 7) is 4.37. The standard InChI is InChI=1S/C10H17N3O3/c1-2-10(16)6-12(7-10)3-4-13-8(14)5-11-9(13)15/h16H,2-7H2,1H3,(H,11,15). The van der Waals surface area contributed by atoms with Crippen molar-refractivity contribution < 1.29 is 14.7 Å². The molecule has 0 saturated carbocycles. The van der Waals surface area contributed by atoms with Gasteiger partial charge in [-0.2, -0.15) is 0 Å². The van der Waals surface area contributed by atoms with Crippen LogP contribution in [-0.2, 0) is 4.79 Å². The van der Waals surface area contributed by atoms with Crippen LogP contribution in [0.25, 0.3) is 0 Å². The van der Waals surface area contributed by atoms with Gasteiger partial charge >= 0.3 is 6.03 Å². The molecule has 0 aliphatic carbocycles. The lowest BCUT2D eigenvalue weighted by atomic mass is 9.91. The number of rotatable bonds is 4. The fraction of sp³-hybridized carbons (Fsp3) is 0.800. The zero-order valence-corrected chi connectivity index (χ0v) is 9.40. The Hall–Kier alpha value is -1.14. The van der Waals surface area contributed by atoms with Crippen molar-refractivity contribution in [1.29, 1.82) is 0 Å². The summed E-state index contributed by atoms with van der Waals surface area (Å²) in [5.41, 5.74) is -0.558. The van der Waals surface area contributed by atoms with Crippen LogP contribution in [0.4, 0.5) is 4.79 Å². The highest BCUT2D eigenvalue weighted by Crippen LogP contribution is 2.23. The molecule has 2 rings (SSSR count). The normalized spacial score (nSPS) is 24.5. The number of hydrogen-bond acceptors (Lipinski definition) is 4. The SMILES string of the molecule is CCC1(O)CN(CCN2C(=O)CNC2=O)C1. The highest BCUT2D eigenvalue weighted by Gasteiger charge is 2.39. The largest absolute Gasteiger partial charge is 0.387 e. The van der Waals surface area contributed by atoms with Crippen LogP contribution in [-0.4, -0.2) is 65.2 Å². The van der Waals surface area contributed by atoms with Gasteiger partial charge in [0.25, 0.3) is 0 Å². The predicted octanol–water partition coefficient (Wildman–Crippen LogP) is -1.01. The molecule has 2 fully saturated rings. The number of aliphatic hydroxyl groups is 1. The fourth-order valence-electron chi connectivity index (χ4n) is 2.09. The minimum Gasteiger partial charge on any atom is -0.387 e. The third kappa shape index (κ3) is 2.03. The van der Waals surface area contributed by atoms with Crippen molar-refractivity contribution in [2.24, 2.45) is 0 Å². The van der Waals surface area contributed by atoms with E-state index in [2.05, 4.69) is 5.32 Å². The second-order valence-electron chi connectivity index (χ2n) is 4.49. The van der Waals surface area contributed by atoms with Crippen molar-refractivity contribution >= 4 is 11.9 Å². The third-order valence-electron chi connectivity index (χ3n) is 3.27. The summed E-state index contributed by atoms with van der Waals surface area (Å²) in [6.07, 6.45) is 0.743. The number of nitrogens with zero attached hydrogens (tertiary/aromatic N) is 2. The summed E-state index contributed by atoms with van der Waals surface area (Å²) in [5, 5.41) is 12.3. The van der Waals surface area contributed by atoms with Crippen molar-refractivity contribution in [3.63, 3.8) is 0 Å². The first-order valence-electron chi connectivity index (χ1n) is 5.57. The van der Waals surface area contributed by atoms with Gasteiger partial charge in [0.2, 0.25) is 5.91 Å². The Morgan fingerprint density at radius 2 is 2.06 bits per heavy atom. The molecule has 0 aromatic rings. The molecule has 2 N–H and O–H groups in total. The molecule has 6 heteroatoms. The average Bonchev–Trinajstić information content (AvgIpc) is 2.52. The minimum absolute atomic E-state index is 0.109. The number of nitrogens with one attached hydrogen (secondary N) is 1.